The second-order valence-electron chi connectivity index (χ2n) is 1.55. The van der Waals surface area contributed by atoms with Crippen LogP contribution in [-0.4, -0.2) is 17.3 Å². The SMILES string of the molecule is CCS[C](SCC)SCC. The van der Waals surface area contributed by atoms with Crippen molar-refractivity contribution in [1.29, 1.82) is 0 Å². The first-order valence-corrected chi connectivity index (χ1v) is 6.56. The van der Waals surface area contributed by atoms with Crippen LogP contribution in [0, 0.1) is 3.91 Å². The van der Waals surface area contributed by atoms with Crippen molar-refractivity contribution in [1.82, 2.24) is 0 Å². The van der Waals surface area contributed by atoms with Crippen LogP contribution in [0.25, 0.3) is 0 Å². The van der Waals surface area contributed by atoms with Crippen molar-refractivity contribution in [2.24, 2.45) is 0 Å². The normalized spacial score (nSPS) is 10.8. The van der Waals surface area contributed by atoms with Gasteiger partial charge in [0.15, 0.2) is 0 Å². The molecule has 0 N–H and O–H groups in total. The summed E-state index contributed by atoms with van der Waals surface area (Å²) in [6.45, 7) is 6.62. The van der Waals surface area contributed by atoms with Crippen molar-refractivity contribution >= 4 is 35.3 Å². The number of hydrogen-bond acceptors (Lipinski definition) is 3. The molecule has 0 heterocycles. The van der Waals surface area contributed by atoms with Crippen LogP contribution >= 0.6 is 35.3 Å². The van der Waals surface area contributed by atoms with Crippen molar-refractivity contribution in [2.45, 2.75) is 20.8 Å². The van der Waals surface area contributed by atoms with Gasteiger partial charge in [-0.15, -0.1) is 35.3 Å². The zero-order chi connectivity index (χ0) is 7.82. The fourth-order valence-corrected chi connectivity index (χ4v) is 4.31. The molecule has 0 aliphatic heterocycles. The summed E-state index contributed by atoms with van der Waals surface area (Å²) in [5.74, 6) is 3.61. The third-order valence-electron chi connectivity index (χ3n) is 0.787. The predicted molar refractivity (Wildman–Crippen MR) is 57.6 cm³/mol. The Kier molecular flexibility index (Phi) is 9.01. The molecule has 0 fully saturated rings. The van der Waals surface area contributed by atoms with Crippen molar-refractivity contribution in [2.75, 3.05) is 17.3 Å². The molecule has 0 aromatic heterocycles. The zero-order valence-corrected chi connectivity index (χ0v) is 9.30. The molecule has 0 atom stereocenters. The average Bonchev–Trinajstić information content (AvgIpc) is 1.90. The van der Waals surface area contributed by atoms with E-state index in [0.29, 0.717) is 0 Å². The maximum absolute atomic E-state index is 2.21. The van der Waals surface area contributed by atoms with E-state index in [2.05, 4.69) is 20.8 Å². The van der Waals surface area contributed by atoms with Gasteiger partial charge in [0.25, 0.3) is 0 Å². The summed E-state index contributed by atoms with van der Waals surface area (Å²) in [5, 5.41) is 0. The van der Waals surface area contributed by atoms with Crippen molar-refractivity contribution in [3.8, 4) is 0 Å². The van der Waals surface area contributed by atoms with Gasteiger partial charge in [-0.3, -0.25) is 0 Å². The first kappa shape index (κ1) is 11.1. The second kappa shape index (κ2) is 8.15. The smallest absolute Gasteiger partial charge is 0.131 e. The lowest BCUT2D eigenvalue weighted by Crippen LogP contribution is -1.82. The molecular weight excluding hydrogens is 180 g/mol. The monoisotopic (exact) mass is 195 g/mol. The summed E-state index contributed by atoms with van der Waals surface area (Å²) in [5.41, 5.74) is 0. The lowest BCUT2D eigenvalue weighted by molar-refractivity contribution is 1.51. The summed E-state index contributed by atoms with van der Waals surface area (Å²) in [7, 11) is 0. The maximum atomic E-state index is 2.21. The van der Waals surface area contributed by atoms with E-state index in [1.54, 1.807) is 0 Å². The highest BCUT2D eigenvalue weighted by Gasteiger charge is 2.06. The third-order valence-corrected chi connectivity index (χ3v) is 4.48. The van der Waals surface area contributed by atoms with E-state index < -0.39 is 0 Å². The van der Waals surface area contributed by atoms with Crippen LogP contribution < -0.4 is 0 Å². The molecule has 0 amide bonds. The zero-order valence-electron chi connectivity index (χ0n) is 6.85. The Morgan fingerprint density at radius 1 is 0.800 bits per heavy atom. The first-order chi connectivity index (χ1) is 4.85. The van der Waals surface area contributed by atoms with Crippen LogP contribution in [0.15, 0.2) is 0 Å². The molecule has 0 saturated carbocycles. The second-order valence-corrected chi connectivity index (χ2v) is 6.15. The van der Waals surface area contributed by atoms with E-state index in [1.165, 1.54) is 21.2 Å². The molecule has 3 heteroatoms. The molecule has 0 aliphatic rings. The molecule has 0 spiro atoms. The van der Waals surface area contributed by atoms with Crippen LogP contribution in [0.3, 0.4) is 0 Å². The van der Waals surface area contributed by atoms with E-state index in [1.807, 2.05) is 35.3 Å². The molecule has 0 aliphatic carbocycles. The van der Waals surface area contributed by atoms with Crippen molar-refractivity contribution in [3.05, 3.63) is 3.91 Å². The van der Waals surface area contributed by atoms with Crippen molar-refractivity contribution in [3.63, 3.8) is 0 Å². The Morgan fingerprint density at radius 2 is 1.10 bits per heavy atom. The molecule has 1 radical (unpaired) electrons. The maximum Gasteiger partial charge on any atom is 0.140 e. The van der Waals surface area contributed by atoms with Crippen LogP contribution in [0.5, 0.6) is 0 Å². The Hall–Kier alpha value is 1.05. The lowest BCUT2D eigenvalue weighted by atomic mass is 11.0. The number of rotatable bonds is 6. The molecule has 0 aromatic rings. The Bertz CT molecular complexity index is 51.6. The molecule has 10 heavy (non-hydrogen) atoms. The van der Waals surface area contributed by atoms with E-state index in [-0.39, 0.29) is 0 Å². The molecule has 0 unspecified atom stereocenters. The molecule has 0 saturated heterocycles. The van der Waals surface area contributed by atoms with Crippen LogP contribution in [0.4, 0.5) is 0 Å². The Balaban J connectivity index is 3.30. The average molecular weight is 195 g/mol. The van der Waals surface area contributed by atoms with Crippen LogP contribution in [0.1, 0.15) is 20.8 Å². The van der Waals surface area contributed by atoms with E-state index >= 15 is 0 Å². The van der Waals surface area contributed by atoms with Crippen molar-refractivity contribution < 1.29 is 0 Å². The topological polar surface area (TPSA) is 0 Å². The molecule has 0 rings (SSSR count). The molecule has 0 bridgehead atoms. The van der Waals surface area contributed by atoms with E-state index in [0.717, 1.165) is 0 Å². The minimum absolute atomic E-state index is 1.20. The first-order valence-electron chi connectivity index (χ1n) is 3.60. The predicted octanol–water partition coefficient (Wildman–Crippen LogP) is 3.69. The van der Waals surface area contributed by atoms with Gasteiger partial charge in [-0.25, -0.2) is 0 Å². The highest BCUT2D eigenvalue weighted by Crippen LogP contribution is 2.41. The van der Waals surface area contributed by atoms with Crippen LogP contribution in [-0.2, 0) is 0 Å². The minimum Gasteiger partial charge on any atom is -0.131 e. The fourth-order valence-electron chi connectivity index (χ4n) is 0.479. The van der Waals surface area contributed by atoms with Gasteiger partial charge in [0, 0.05) is 0 Å². The van der Waals surface area contributed by atoms with Gasteiger partial charge in [0.2, 0.25) is 0 Å². The highest BCUT2D eigenvalue weighted by atomic mass is 32.3. The summed E-state index contributed by atoms with van der Waals surface area (Å²) in [4.78, 5) is 0. The summed E-state index contributed by atoms with van der Waals surface area (Å²) in [6, 6.07) is 0. The summed E-state index contributed by atoms with van der Waals surface area (Å²) < 4.78 is 1.53. The number of hydrogen-bond donors (Lipinski definition) is 0. The van der Waals surface area contributed by atoms with Gasteiger partial charge in [-0.1, -0.05) is 20.8 Å². The largest absolute Gasteiger partial charge is 0.140 e. The molecular formula is C7H15S3. The lowest BCUT2D eigenvalue weighted by Gasteiger charge is -2.10. The minimum atomic E-state index is 1.20. The quantitative estimate of drug-likeness (QED) is 0.634. The van der Waals surface area contributed by atoms with Gasteiger partial charge in [0.1, 0.15) is 3.91 Å². The highest BCUT2D eigenvalue weighted by molar-refractivity contribution is 8.36. The Labute approximate surface area is 77.3 Å². The standard InChI is InChI=1S/C7H15S3/c1-4-8-7(9-5-2)10-6-3/h4-6H2,1-3H3. The van der Waals surface area contributed by atoms with E-state index in [4.69, 9.17) is 0 Å². The van der Waals surface area contributed by atoms with Gasteiger partial charge in [-0.2, -0.15) is 0 Å². The molecule has 0 aromatic carbocycles. The third kappa shape index (κ3) is 5.81. The van der Waals surface area contributed by atoms with Gasteiger partial charge < -0.3 is 0 Å². The fraction of sp³-hybridized carbons (Fsp3) is 0.857. The van der Waals surface area contributed by atoms with Crippen LogP contribution in [0.2, 0.25) is 0 Å². The molecule has 0 nitrogen and oxygen atoms in total. The van der Waals surface area contributed by atoms with Gasteiger partial charge >= 0.3 is 0 Å². The molecule has 61 valence electrons. The summed E-state index contributed by atoms with van der Waals surface area (Å²) >= 11 is 5.90. The van der Waals surface area contributed by atoms with E-state index in [9.17, 15) is 0 Å². The van der Waals surface area contributed by atoms with Gasteiger partial charge in [0.05, 0.1) is 0 Å². The Morgan fingerprint density at radius 3 is 1.30 bits per heavy atom. The summed E-state index contributed by atoms with van der Waals surface area (Å²) in [6.07, 6.45) is 0. The number of thioether (sulfide) groups is 3. The van der Waals surface area contributed by atoms with Gasteiger partial charge in [-0.05, 0) is 17.3 Å².